The summed E-state index contributed by atoms with van der Waals surface area (Å²) < 4.78 is 18.5. The maximum atomic E-state index is 12.6. The zero-order valence-electron chi connectivity index (χ0n) is 19.3. The Bertz CT molecular complexity index is 1320. The summed E-state index contributed by atoms with van der Waals surface area (Å²) >= 11 is 0. The van der Waals surface area contributed by atoms with Crippen molar-refractivity contribution in [3.63, 3.8) is 0 Å². The molecule has 2 N–H and O–H groups in total. The van der Waals surface area contributed by atoms with Crippen LogP contribution in [0.25, 0.3) is 10.9 Å². The molecule has 4 rings (SSSR count). The Kier molecular flexibility index (Phi) is 6.27. The highest BCUT2D eigenvalue weighted by Gasteiger charge is 2.22. The van der Waals surface area contributed by atoms with Crippen molar-refractivity contribution in [1.82, 2.24) is 4.57 Å². The minimum Gasteiger partial charge on any atom is -0.489 e. The Labute approximate surface area is 197 Å². The molecule has 34 heavy (non-hydrogen) atoms. The van der Waals surface area contributed by atoms with Crippen LogP contribution in [0.4, 0.5) is 4.79 Å². The first kappa shape index (κ1) is 22.9. The lowest BCUT2D eigenvalue weighted by Gasteiger charge is -2.19. The highest BCUT2D eigenvalue weighted by atomic mass is 16.6. The number of hydrogen-bond donors (Lipinski definition) is 1. The zero-order chi connectivity index (χ0) is 24.3. The normalized spacial score (nSPS) is 11.3. The molecule has 0 bridgehead atoms. The third-order valence-corrected chi connectivity index (χ3v) is 4.94. The highest BCUT2D eigenvalue weighted by Crippen LogP contribution is 2.30. The van der Waals surface area contributed by atoms with Gasteiger partial charge in [0, 0.05) is 11.6 Å². The first-order valence-corrected chi connectivity index (χ1v) is 10.8. The van der Waals surface area contributed by atoms with Crippen LogP contribution >= 0.6 is 0 Å². The number of carbonyl (C=O) groups is 2. The molecule has 1 heterocycles. The van der Waals surface area contributed by atoms with Crippen LogP contribution in [0.1, 0.15) is 36.7 Å². The third kappa shape index (κ3) is 5.38. The number of nitrogens with zero attached hydrogens (tertiary/aromatic N) is 1. The van der Waals surface area contributed by atoms with Gasteiger partial charge < -0.3 is 19.9 Å². The monoisotopic (exact) mass is 458 g/mol. The highest BCUT2D eigenvalue weighted by molar-refractivity contribution is 6.08. The van der Waals surface area contributed by atoms with Crippen molar-refractivity contribution in [2.45, 2.75) is 33.0 Å². The Balaban J connectivity index is 1.53. The second-order valence-electron chi connectivity index (χ2n) is 8.78. The van der Waals surface area contributed by atoms with Crippen molar-refractivity contribution in [3.05, 3.63) is 90.1 Å². The molecule has 0 atom stereocenters. The Morgan fingerprint density at radius 2 is 1.53 bits per heavy atom. The van der Waals surface area contributed by atoms with Gasteiger partial charge in [-0.25, -0.2) is 4.79 Å². The molecule has 0 aliphatic heterocycles. The van der Waals surface area contributed by atoms with Gasteiger partial charge >= 0.3 is 6.09 Å². The van der Waals surface area contributed by atoms with Gasteiger partial charge in [-0.15, -0.1) is 0 Å². The van der Waals surface area contributed by atoms with E-state index in [4.69, 9.17) is 19.9 Å². The third-order valence-electron chi connectivity index (χ3n) is 4.94. The van der Waals surface area contributed by atoms with E-state index in [9.17, 15) is 9.59 Å². The minimum atomic E-state index is -0.680. The van der Waals surface area contributed by atoms with Crippen LogP contribution in [-0.4, -0.2) is 22.2 Å². The quantitative estimate of drug-likeness (QED) is 0.389. The molecule has 0 fully saturated rings. The fourth-order valence-electron chi connectivity index (χ4n) is 3.41. The smallest absolute Gasteiger partial charge is 0.419 e. The van der Waals surface area contributed by atoms with Crippen molar-refractivity contribution in [3.8, 4) is 17.2 Å². The van der Waals surface area contributed by atoms with Gasteiger partial charge in [0.2, 0.25) is 0 Å². The zero-order valence-corrected chi connectivity index (χ0v) is 19.3. The fraction of sp³-hybridized carbons (Fsp3) is 0.185. The molecule has 174 valence electrons. The molecule has 0 saturated carbocycles. The number of benzene rings is 3. The number of hydrogen-bond acceptors (Lipinski definition) is 5. The van der Waals surface area contributed by atoms with Gasteiger partial charge in [-0.3, -0.25) is 9.36 Å². The molecule has 3 aromatic carbocycles. The number of rotatable bonds is 6. The van der Waals surface area contributed by atoms with E-state index in [1.807, 2.05) is 42.5 Å². The summed E-state index contributed by atoms with van der Waals surface area (Å²) in [5.41, 5.74) is 6.66. The van der Waals surface area contributed by atoms with Gasteiger partial charge in [-0.05, 0) is 68.8 Å². The van der Waals surface area contributed by atoms with Crippen LogP contribution in [0.3, 0.4) is 0 Å². The molecule has 0 unspecified atom stereocenters. The Morgan fingerprint density at radius 1 is 0.882 bits per heavy atom. The first-order valence-electron chi connectivity index (χ1n) is 10.8. The molecular formula is C27H26N2O5. The predicted molar refractivity (Wildman–Crippen MR) is 129 cm³/mol. The van der Waals surface area contributed by atoms with Gasteiger partial charge in [-0.1, -0.05) is 30.3 Å². The molecule has 0 saturated heterocycles. The number of aromatic nitrogens is 1. The molecule has 0 radical (unpaired) electrons. The van der Waals surface area contributed by atoms with E-state index >= 15 is 0 Å². The van der Waals surface area contributed by atoms with E-state index in [2.05, 4.69) is 0 Å². The summed E-state index contributed by atoms with van der Waals surface area (Å²) in [5, 5.41) is 0.499. The number of primary amides is 1. The molecule has 4 aromatic rings. The molecule has 0 aliphatic rings. The average Bonchev–Trinajstić information content (AvgIpc) is 3.18. The van der Waals surface area contributed by atoms with Crippen LogP contribution in [0, 0.1) is 0 Å². The van der Waals surface area contributed by atoms with Crippen LogP contribution < -0.4 is 15.2 Å². The minimum absolute atomic E-state index is 0.205. The van der Waals surface area contributed by atoms with Crippen molar-refractivity contribution < 1.29 is 23.8 Å². The summed E-state index contributed by atoms with van der Waals surface area (Å²) in [6, 6.07) is 22.2. The molecule has 7 heteroatoms. The summed E-state index contributed by atoms with van der Waals surface area (Å²) in [6.45, 7) is 5.79. The molecule has 7 nitrogen and oxygen atoms in total. The second kappa shape index (κ2) is 9.31. The van der Waals surface area contributed by atoms with E-state index in [-0.39, 0.29) is 5.56 Å². The van der Waals surface area contributed by atoms with Crippen LogP contribution in [0.5, 0.6) is 17.2 Å². The van der Waals surface area contributed by atoms with Gasteiger partial charge in [0.15, 0.2) is 0 Å². The predicted octanol–water partition coefficient (Wildman–Crippen LogP) is 5.89. The Hall–Kier alpha value is -4.26. The van der Waals surface area contributed by atoms with Gasteiger partial charge in [0.1, 0.15) is 29.5 Å². The van der Waals surface area contributed by atoms with E-state index in [0.717, 1.165) is 11.3 Å². The number of nitrogens with two attached hydrogens (primary N) is 1. The van der Waals surface area contributed by atoms with Crippen molar-refractivity contribution in [2.75, 3.05) is 0 Å². The van der Waals surface area contributed by atoms with Gasteiger partial charge in [-0.2, -0.15) is 0 Å². The van der Waals surface area contributed by atoms with Crippen LogP contribution in [0.15, 0.2) is 79.0 Å². The molecule has 1 aromatic heterocycles. The van der Waals surface area contributed by atoms with Crippen molar-refractivity contribution >= 4 is 22.9 Å². The fourth-order valence-corrected chi connectivity index (χ4v) is 3.41. The summed E-state index contributed by atoms with van der Waals surface area (Å²) in [4.78, 5) is 24.6. The summed E-state index contributed by atoms with van der Waals surface area (Å²) in [5.74, 6) is 1.16. The van der Waals surface area contributed by atoms with Crippen molar-refractivity contribution in [2.24, 2.45) is 5.73 Å². The maximum Gasteiger partial charge on any atom is 0.419 e. The first-order chi connectivity index (χ1) is 16.2. The summed E-state index contributed by atoms with van der Waals surface area (Å²) in [7, 11) is 0. The largest absolute Gasteiger partial charge is 0.489 e. The van der Waals surface area contributed by atoms with Crippen molar-refractivity contribution in [1.29, 1.82) is 0 Å². The van der Waals surface area contributed by atoms with E-state index in [0.29, 0.717) is 29.0 Å². The number of ether oxygens (including phenoxy) is 3. The average molecular weight is 459 g/mol. The van der Waals surface area contributed by atoms with E-state index in [1.54, 1.807) is 51.1 Å². The Morgan fingerprint density at radius 3 is 2.18 bits per heavy atom. The molecular weight excluding hydrogens is 432 g/mol. The number of fused-ring (bicyclic) bond motifs is 1. The number of amides is 1. The van der Waals surface area contributed by atoms with Gasteiger partial charge in [0.05, 0.1) is 11.1 Å². The van der Waals surface area contributed by atoms with E-state index in [1.165, 1.54) is 10.8 Å². The standard InChI is InChI=1S/C27H26N2O5/c1-27(2,3)34-26(31)29-16-23(25(28)30)22-15-21(13-14-24(22)29)33-20-11-9-19(10-12-20)32-17-18-7-5-4-6-8-18/h4-16H,17H2,1-3H3,(H2,28,30). The maximum absolute atomic E-state index is 12.6. The lowest BCUT2D eigenvalue weighted by Crippen LogP contribution is -2.26. The van der Waals surface area contributed by atoms with Crippen LogP contribution in [-0.2, 0) is 11.3 Å². The topological polar surface area (TPSA) is 92.8 Å². The van der Waals surface area contributed by atoms with E-state index < -0.39 is 17.6 Å². The molecule has 0 aliphatic carbocycles. The lowest BCUT2D eigenvalue weighted by atomic mass is 10.1. The number of carbonyl (C=O) groups excluding carboxylic acids is 2. The summed E-state index contributed by atoms with van der Waals surface area (Å²) in [6.07, 6.45) is 0.800. The lowest BCUT2D eigenvalue weighted by molar-refractivity contribution is 0.0544. The van der Waals surface area contributed by atoms with Crippen LogP contribution in [0.2, 0.25) is 0 Å². The SMILES string of the molecule is CC(C)(C)OC(=O)n1cc(C(N)=O)c2cc(Oc3ccc(OCc4ccccc4)cc3)ccc21. The van der Waals surface area contributed by atoms with Gasteiger partial charge in [0.25, 0.3) is 5.91 Å². The second-order valence-corrected chi connectivity index (χ2v) is 8.78. The molecule has 1 amide bonds. The molecule has 0 spiro atoms.